The minimum Gasteiger partial charge on any atom is -0.496 e. The number of aliphatic hydroxyl groups is 2. The van der Waals surface area contributed by atoms with Crippen molar-refractivity contribution in [1.82, 2.24) is 5.32 Å². The van der Waals surface area contributed by atoms with Gasteiger partial charge in [-0.2, -0.15) is 0 Å². The van der Waals surface area contributed by atoms with Crippen LogP contribution in [0.3, 0.4) is 0 Å². The largest absolute Gasteiger partial charge is 0.496 e. The van der Waals surface area contributed by atoms with Crippen molar-refractivity contribution in [2.24, 2.45) is 0 Å². The lowest BCUT2D eigenvalue weighted by molar-refractivity contribution is 0.0772. The van der Waals surface area contributed by atoms with Gasteiger partial charge in [-0.25, -0.2) is 0 Å². The molecule has 238 valence electrons. The highest BCUT2D eigenvalue weighted by molar-refractivity contribution is 5.49. The Kier molecular flexibility index (Phi) is 17.2. The van der Waals surface area contributed by atoms with E-state index >= 15 is 0 Å². The molecule has 3 N–H and O–H groups in total. The third kappa shape index (κ3) is 11.5. The number of ether oxygens (including phenoxy) is 2. The summed E-state index contributed by atoms with van der Waals surface area (Å²) in [6.45, 7) is 10.4. The second-order valence-electron chi connectivity index (χ2n) is 12.4. The Morgan fingerprint density at radius 3 is 1.31 bits per heavy atom. The topological polar surface area (TPSA) is 71.0 Å². The third-order valence-electron chi connectivity index (χ3n) is 8.69. The molecule has 2 rings (SSSR count). The molecule has 0 spiro atoms. The first-order chi connectivity index (χ1) is 20.3. The van der Waals surface area contributed by atoms with Gasteiger partial charge in [-0.05, 0) is 67.5 Å². The van der Waals surface area contributed by atoms with Crippen LogP contribution in [0, 0.1) is 27.7 Å². The number of benzene rings is 2. The predicted octanol–water partition coefficient (Wildman–Crippen LogP) is 8.82. The van der Waals surface area contributed by atoms with E-state index in [2.05, 4.69) is 64.2 Å². The summed E-state index contributed by atoms with van der Waals surface area (Å²) in [5.41, 5.74) is 6.43. The molecule has 0 aliphatic rings. The van der Waals surface area contributed by atoms with Crippen LogP contribution in [0.4, 0.5) is 0 Å². The number of nitrogens with one attached hydrogen (secondary N) is 1. The van der Waals surface area contributed by atoms with E-state index in [1.165, 1.54) is 70.6 Å². The zero-order chi connectivity index (χ0) is 30.9. The average Bonchev–Trinajstić information content (AvgIpc) is 2.95. The van der Waals surface area contributed by atoms with Gasteiger partial charge < -0.3 is 19.7 Å². The zero-order valence-corrected chi connectivity index (χ0v) is 27.9. The van der Waals surface area contributed by atoms with E-state index in [-0.39, 0.29) is 12.6 Å². The first-order valence-corrected chi connectivity index (χ1v) is 16.6. The molecular weight excluding hydrogens is 522 g/mol. The van der Waals surface area contributed by atoms with Gasteiger partial charge in [0, 0.05) is 0 Å². The van der Waals surface area contributed by atoms with Crippen LogP contribution in [-0.4, -0.2) is 43.2 Å². The fraction of sp³-hybridized carbons (Fsp3) is 0.676. The molecule has 42 heavy (non-hydrogen) atoms. The molecular formula is C37H61NO4. The molecule has 0 fully saturated rings. The van der Waals surface area contributed by atoms with Gasteiger partial charge in [-0.3, -0.25) is 5.32 Å². The van der Waals surface area contributed by atoms with E-state index in [1.54, 1.807) is 14.2 Å². The highest BCUT2D eigenvalue weighted by Crippen LogP contribution is 2.34. The molecule has 0 bridgehead atoms. The van der Waals surface area contributed by atoms with Crippen molar-refractivity contribution in [3.05, 3.63) is 57.6 Å². The van der Waals surface area contributed by atoms with E-state index in [0.29, 0.717) is 6.42 Å². The molecule has 0 amide bonds. The highest BCUT2D eigenvalue weighted by Gasteiger charge is 2.26. The molecule has 2 aromatic rings. The van der Waals surface area contributed by atoms with Crippen LogP contribution in [0.5, 0.6) is 11.5 Å². The standard InChI is InChI=1S/C37H61NO4/c1-8-9-10-11-12-13-14-15-16-17-18-19-20-21-34(40)33(26-39)38-35(31-22-27(2)36(41-6)28(3)23-31)32-24-29(4)37(42-7)30(5)25-32/h22-25,33-35,38-40H,8-21,26H2,1-7H3/t33-,34-/m0/s1. The fourth-order valence-corrected chi connectivity index (χ4v) is 6.40. The molecule has 5 heteroatoms. The summed E-state index contributed by atoms with van der Waals surface area (Å²) in [5.74, 6) is 1.78. The summed E-state index contributed by atoms with van der Waals surface area (Å²) >= 11 is 0. The van der Waals surface area contributed by atoms with Gasteiger partial charge in [0.05, 0.1) is 39.0 Å². The molecule has 0 radical (unpaired) electrons. The van der Waals surface area contributed by atoms with Crippen LogP contribution in [0.2, 0.25) is 0 Å². The lowest BCUT2D eigenvalue weighted by Crippen LogP contribution is -2.45. The summed E-state index contributed by atoms with van der Waals surface area (Å²) in [4.78, 5) is 0. The second-order valence-corrected chi connectivity index (χ2v) is 12.4. The Hall–Kier alpha value is -2.08. The second kappa shape index (κ2) is 20.0. The van der Waals surface area contributed by atoms with Crippen molar-refractivity contribution in [1.29, 1.82) is 0 Å². The smallest absolute Gasteiger partial charge is 0.124 e. The highest BCUT2D eigenvalue weighted by atomic mass is 16.5. The summed E-state index contributed by atoms with van der Waals surface area (Å²) in [6, 6.07) is 7.95. The van der Waals surface area contributed by atoms with E-state index in [9.17, 15) is 10.2 Å². The quantitative estimate of drug-likeness (QED) is 0.121. The number of unbranched alkanes of at least 4 members (excludes halogenated alkanes) is 12. The first-order valence-electron chi connectivity index (χ1n) is 16.6. The Labute approximate surface area is 257 Å². The lowest BCUT2D eigenvalue weighted by Gasteiger charge is -2.30. The monoisotopic (exact) mass is 583 g/mol. The van der Waals surface area contributed by atoms with E-state index in [4.69, 9.17) is 9.47 Å². The molecule has 2 aromatic carbocycles. The molecule has 2 atom stereocenters. The van der Waals surface area contributed by atoms with Crippen LogP contribution in [0.25, 0.3) is 0 Å². The number of hydrogen-bond acceptors (Lipinski definition) is 5. The fourth-order valence-electron chi connectivity index (χ4n) is 6.40. The van der Waals surface area contributed by atoms with Gasteiger partial charge in [0.15, 0.2) is 0 Å². The molecule has 0 aliphatic carbocycles. The minimum atomic E-state index is -0.619. The maximum absolute atomic E-state index is 11.1. The molecule has 0 unspecified atom stereocenters. The summed E-state index contributed by atoms with van der Waals surface area (Å²) in [7, 11) is 3.41. The van der Waals surface area contributed by atoms with Gasteiger partial charge in [-0.15, -0.1) is 0 Å². The van der Waals surface area contributed by atoms with Gasteiger partial charge in [0.25, 0.3) is 0 Å². The number of aryl methyl sites for hydroxylation is 4. The van der Waals surface area contributed by atoms with Crippen LogP contribution in [0.15, 0.2) is 24.3 Å². The molecule has 0 aliphatic heterocycles. The van der Waals surface area contributed by atoms with Gasteiger partial charge in [0.1, 0.15) is 11.5 Å². The van der Waals surface area contributed by atoms with Crippen LogP contribution in [-0.2, 0) is 0 Å². The Bertz CT molecular complexity index is 931. The van der Waals surface area contributed by atoms with Crippen molar-refractivity contribution in [2.75, 3.05) is 20.8 Å². The molecule has 0 saturated carbocycles. The lowest BCUT2D eigenvalue weighted by atomic mass is 9.91. The van der Waals surface area contributed by atoms with E-state index in [0.717, 1.165) is 57.7 Å². The van der Waals surface area contributed by atoms with Crippen molar-refractivity contribution in [2.45, 2.75) is 143 Å². The predicted molar refractivity (Wildman–Crippen MR) is 177 cm³/mol. The van der Waals surface area contributed by atoms with Crippen molar-refractivity contribution in [3.8, 4) is 11.5 Å². The Morgan fingerprint density at radius 1 is 0.619 bits per heavy atom. The Balaban J connectivity index is 1.97. The van der Waals surface area contributed by atoms with Crippen molar-refractivity contribution < 1.29 is 19.7 Å². The van der Waals surface area contributed by atoms with E-state index < -0.39 is 12.1 Å². The number of hydrogen-bond donors (Lipinski definition) is 3. The summed E-state index contributed by atoms with van der Waals surface area (Å²) in [5, 5.41) is 25.1. The number of rotatable bonds is 22. The molecule has 0 saturated heterocycles. The van der Waals surface area contributed by atoms with Crippen molar-refractivity contribution >= 4 is 0 Å². The van der Waals surface area contributed by atoms with Crippen LogP contribution in [0.1, 0.15) is 136 Å². The first kappa shape index (κ1) is 36.1. The maximum atomic E-state index is 11.1. The maximum Gasteiger partial charge on any atom is 0.124 e. The van der Waals surface area contributed by atoms with Crippen LogP contribution >= 0.6 is 0 Å². The van der Waals surface area contributed by atoms with Crippen molar-refractivity contribution in [3.63, 3.8) is 0 Å². The summed E-state index contributed by atoms with van der Waals surface area (Å²) in [6.07, 6.45) is 17.0. The molecule has 0 heterocycles. The van der Waals surface area contributed by atoms with Gasteiger partial charge in [0.2, 0.25) is 0 Å². The average molecular weight is 584 g/mol. The summed E-state index contributed by atoms with van der Waals surface area (Å²) < 4.78 is 11.2. The van der Waals surface area contributed by atoms with E-state index in [1.807, 2.05) is 0 Å². The van der Waals surface area contributed by atoms with Gasteiger partial charge >= 0.3 is 0 Å². The van der Waals surface area contributed by atoms with Crippen LogP contribution < -0.4 is 14.8 Å². The zero-order valence-electron chi connectivity index (χ0n) is 27.9. The number of methoxy groups -OCH3 is 2. The third-order valence-corrected chi connectivity index (χ3v) is 8.69. The number of aliphatic hydroxyl groups excluding tert-OH is 2. The minimum absolute atomic E-state index is 0.127. The van der Waals surface area contributed by atoms with Gasteiger partial charge in [-0.1, -0.05) is 115 Å². The molecule has 5 nitrogen and oxygen atoms in total. The SMILES string of the molecule is CCCCCCCCCCCCCCC[C@H](O)[C@H](CO)NC(c1cc(C)c(OC)c(C)c1)c1cc(C)c(OC)c(C)c1. The normalized spacial score (nSPS) is 13.0. The Morgan fingerprint density at radius 2 is 0.976 bits per heavy atom. The molecule has 0 aromatic heterocycles.